The van der Waals surface area contributed by atoms with Crippen LogP contribution in [0.3, 0.4) is 0 Å². The van der Waals surface area contributed by atoms with Crippen molar-refractivity contribution < 1.29 is 4.79 Å². The molecule has 0 aromatic carbocycles. The Hall–Kier alpha value is 0.360. The molecule has 0 aliphatic carbocycles. The van der Waals surface area contributed by atoms with Crippen molar-refractivity contribution in [3.63, 3.8) is 0 Å². The smallest absolute Gasteiger partial charge is 0.136 e. The van der Waals surface area contributed by atoms with Gasteiger partial charge in [0.15, 0.2) is 0 Å². The van der Waals surface area contributed by atoms with E-state index in [0.717, 1.165) is 0 Å². The Morgan fingerprint density at radius 1 is 1.08 bits per heavy atom. The molecule has 2 nitrogen and oxygen atoms in total. The Labute approximate surface area is 91.5 Å². The molecule has 3 heteroatoms. The third-order valence-corrected chi connectivity index (χ3v) is 1.95. The van der Waals surface area contributed by atoms with Gasteiger partial charge < -0.3 is 5.32 Å². The molecule has 1 rings (SSSR count). The Balaban J connectivity index is 0.00000121. The normalized spacial score (nSPS) is 26.2. The molecule has 0 saturated carbocycles. The number of piperidine rings is 1. The van der Waals surface area contributed by atoms with Crippen LogP contribution in [0.15, 0.2) is 0 Å². The molecular formula is C9H18INO. The molecule has 1 saturated heterocycles. The van der Waals surface area contributed by atoms with Crippen molar-refractivity contribution in [3.8, 4) is 0 Å². The maximum Gasteiger partial charge on any atom is 0.136 e. The van der Waals surface area contributed by atoms with Gasteiger partial charge in [0.2, 0.25) is 0 Å². The Morgan fingerprint density at radius 3 is 1.67 bits per heavy atom. The first-order valence-corrected chi connectivity index (χ1v) is 4.12. The van der Waals surface area contributed by atoms with Crippen LogP contribution in [0.25, 0.3) is 0 Å². The van der Waals surface area contributed by atoms with Gasteiger partial charge in [-0.1, -0.05) is 0 Å². The fraction of sp³-hybridized carbons (Fsp3) is 0.889. The maximum atomic E-state index is 11.3. The molecule has 0 bridgehead atoms. The summed E-state index contributed by atoms with van der Waals surface area (Å²) >= 11 is 0. The minimum Gasteiger partial charge on any atom is -0.306 e. The van der Waals surface area contributed by atoms with Gasteiger partial charge in [0, 0.05) is 23.9 Å². The highest BCUT2D eigenvalue weighted by molar-refractivity contribution is 14.0. The average molecular weight is 283 g/mol. The molecule has 1 aliphatic heterocycles. The van der Waals surface area contributed by atoms with E-state index in [1.807, 2.05) is 0 Å². The summed E-state index contributed by atoms with van der Waals surface area (Å²) in [5, 5.41) is 3.44. The van der Waals surface area contributed by atoms with E-state index in [2.05, 4.69) is 33.0 Å². The van der Waals surface area contributed by atoms with Crippen LogP contribution in [0.2, 0.25) is 0 Å². The Kier molecular flexibility index (Phi) is 3.73. The second-order valence-corrected chi connectivity index (χ2v) is 4.78. The van der Waals surface area contributed by atoms with Gasteiger partial charge in [-0.05, 0) is 27.7 Å². The highest BCUT2D eigenvalue weighted by Gasteiger charge is 2.36. The average Bonchev–Trinajstić information content (AvgIpc) is 1.49. The zero-order chi connectivity index (χ0) is 8.70. The first-order chi connectivity index (χ1) is 4.81. The summed E-state index contributed by atoms with van der Waals surface area (Å²) in [7, 11) is 0. The lowest BCUT2D eigenvalue weighted by Crippen LogP contribution is -2.58. The monoisotopic (exact) mass is 283 g/mol. The molecule has 1 N–H and O–H groups in total. The van der Waals surface area contributed by atoms with E-state index in [1.54, 1.807) is 0 Å². The van der Waals surface area contributed by atoms with E-state index in [9.17, 15) is 4.79 Å². The standard InChI is InChI=1S/C9H17NO.HI/c1-8(2)5-7(11)6-9(3,4)10-8;/h10H,5-6H2,1-4H3;1H. The first kappa shape index (κ1) is 12.4. The Morgan fingerprint density at radius 2 is 1.42 bits per heavy atom. The van der Waals surface area contributed by atoms with Gasteiger partial charge in [-0.25, -0.2) is 0 Å². The van der Waals surface area contributed by atoms with Gasteiger partial charge in [0.05, 0.1) is 0 Å². The topological polar surface area (TPSA) is 29.1 Å². The number of carbonyl (C=O) groups excluding carboxylic acids is 1. The maximum absolute atomic E-state index is 11.3. The molecule has 0 spiro atoms. The molecule has 1 heterocycles. The van der Waals surface area contributed by atoms with Crippen molar-refractivity contribution in [3.05, 3.63) is 0 Å². The van der Waals surface area contributed by atoms with Gasteiger partial charge in [-0.2, -0.15) is 0 Å². The molecule has 1 fully saturated rings. The molecule has 0 radical (unpaired) electrons. The van der Waals surface area contributed by atoms with Gasteiger partial charge in [-0.15, -0.1) is 24.0 Å². The summed E-state index contributed by atoms with van der Waals surface area (Å²) in [6.45, 7) is 8.30. The van der Waals surface area contributed by atoms with Crippen molar-refractivity contribution in [2.24, 2.45) is 0 Å². The highest BCUT2D eigenvalue weighted by atomic mass is 127. The number of hydrogen-bond donors (Lipinski definition) is 1. The second kappa shape index (κ2) is 3.62. The molecule has 72 valence electrons. The molecular weight excluding hydrogens is 265 g/mol. The quantitative estimate of drug-likeness (QED) is 0.690. The van der Waals surface area contributed by atoms with E-state index in [1.165, 1.54) is 0 Å². The van der Waals surface area contributed by atoms with E-state index in [4.69, 9.17) is 0 Å². The zero-order valence-corrected chi connectivity index (χ0v) is 10.6. The SMILES string of the molecule is CC1(C)CC(=O)CC(C)(C)N1.I. The summed E-state index contributed by atoms with van der Waals surface area (Å²) in [5.41, 5.74) is -0.0301. The summed E-state index contributed by atoms with van der Waals surface area (Å²) < 4.78 is 0. The lowest BCUT2D eigenvalue weighted by molar-refractivity contribution is -0.124. The van der Waals surface area contributed by atoms with E-state index < -0.39 is 0 Å². The minimum atomic E-state index is -0.0150. The Bertz CT molecular complexity index is 169. The van der Waals surface area contributed by atoms with Gasteiger partial charge in [0.1, 0.15) is 5.78 Å². The predicted molar refractivity (Wildman–Crippen MR) is 60.9 cm³/mol. The van der Waals surface area contributed by atoms with E-state index >= 15 is 0 Å². The van der Waals surface area contributed by atoms with Crippen LogP contribution in [-0.2, 0) is 4.79 Å². The second-order valence-electron chi connectivity index (χ2n) is 4.78. The van der Waals surface area contributed by atoms with Crippen LogP contribution in [0, 0.1) is 0 Å². The van der Waals surface area contributed by atoms with Crippen LogP contribution >= 0.6 is 24.0 Å². The fourth-order valence-corrected chi connectivity index (χ4v) is 2.05. The molecule has 0 atom stereocenters. The number of Topliss-reactive ketones (excluding diaryl/α,β-unsaturated/α-hetero) is 1. The van der Waals surface area contributed by atoms with Gasteiger partial charge in [0.25, 0.3) is 0 Å². The van der Waals surface area contributed by atoms with Crippen LogP contribution in [0.4, 0.5) is 0 Å². The number of halogens is 1. The van der Waals surface area contributed by atoms with Crippen LogP contribution in [0.5, 0.6) is 0 Å². The van der Waals surface area contributed by atoms with Crippen molar-refractivity contribution in [1.82, 2.24) is 5.32 Å². The summed E-state index contributed by atoms with van der Waals surface area (Å²) in [5.74, 6) is 0.374. The molecule has 0 aromatic rings. The lowest BCUT2D eigenvalue weighted by Gasteiger charge is -2.41. The molecule has 12 heavy (non-hydrogen) atoms. The molecule has 0 unspecified atom stereocenters. The largest absolute Gasteiger partial charge is 0.306 e. The van der Waals surface area contributed by atoms with E-state index in [-0.39, 0.29) is 35.1 Å². The number of ketones is 1. The summed E-state index contributed by atoms with van der Waals surface area (Å²) in [4.78, 5) is 11.3. The first-order valence-electron chi connectivity index (χ1n) is 4.12. The molecule has 0 aromatic heterocycles. The number of rotatable bonds is 0. The van der Waals surface area contributed by atoms with Crippen LogP contribution in [-0.4, -0.2) is 16.9 Å². The fourth-order valence-electron chi connectivity index (χ4n) is 2.05. The minimum absolute atomic E-state index is 0. The number of nitrogens with one attached hydrogen (secondary N) is 1. The van der Waals surface area contributed by atoms with Crippen LogP contribution < -0.4 is 5.32 Å². The lowest BCUT2D eigenvalue weighted by atomic mass is 9.82. The summed E-state index contributed by atoms with van der Waals surface area (Å²) in [6, 6.07) is 0. The predicted octanol–water partition coefficient (Wildman–Crippen LogP) is 2.11. The molecule has 1 aliphatic rings. The zero-order valence-electron chi connectivity index (χ0n) is 8.23. The van der Waals surface area contributed by atoms with Crippen molar-refractivity contribution in [2.75, 3.05) is 0 Å². The molecule has 0 amide bonds. The number of hydrogen-bond acceptors (Lipinski definition) is 2. The van der Waals surface area contributed by atoms with Crippen LogP contribution in [0.1, 0.15) is 40.5 Å². The summed E-state index contributed by atoms with van der Waals surface area (Å²) in [6.07, 6.45) is 1.33. The van der Waals surface area contributed by atoms with Crippen molar-refractivity contribution in [2.45, 2.75) is 51.6 Å². The highest BCUT2D eigenvalue weighted by Crippen LogP contribution is 2.25. The third-order valence-electron chi connectivity index (χ3n) is 1.95. The third kappa shape index (κ3) is 3.39. The number of carbonyl (C=O) groups is 1. The van der Waals surface area contributed by atoms with Gasteiger partial charge >= 0.3 is 0 Å². The van der Waals surface area contributed by atoms with Gasteiger partial charge in [-0.3, -0.25) is 4.79 Å². The van der Waals surface area contributed by atoms with E-state index in [0.29, 0.717) is 18.6 Å². The van der Waals surface area contributed by atoms with Crippen molar-refractivity contribution in [1.29, 1.82) is 0 Å². The van der Waals surface area contributed by atoms with Crippen molar-refractivity contribution >= 4 is 29.8 Å².